The average Bonchev–Trinajstić information content (AvgIpc) is 2.58. The molecule has 0 saturated carbocycles. The average molecular weight is 327 g/mol. The monoisotopic (exact) mass is 327 g/mol. The van der Waals surface area contributed by atoms with E-state index in [4.69, 9.17) is 4.74 Å². The number of rotatable bonds is 7. The van der Waals surface area contributed by atoms with E-state index in [0.717, 1.165) is 17.8 Å². The summed E-state index contributed by atoms with van der Waals surface area (Å²) in [6.45, 7) is 4.08. The van der Waals surface area contributed by atoms with Crippen LogP contribution in [0.1, 0.15) is 37.0 Å². The van der Waals surface area contributed by atoms with Gasteiger partial charge in [0.25, 0.3) is 0 Å². The quantitative estimate of drug-likeness (QED) is 0.757. The van der Waals surface area contributed by atoms with Crippen LogP contribution in [-0.2, 0) is 9.53 Å². The van der Waals surface area contributed by atoms with Gasteiger partial charge in [-0.3, -0.25) is 4.79 Å². The van der Waals surface area contributed by atoms with Gasteiger partial charge in [-0.1, -0.05) is 6.92 Å². The standard InChI is InChI=1S/C18H21N3O3/c1-3-5-17(22)21-16-11-10-15(12-19-16)20-14-8-6-13(7-9-14)18(23)24-4-2/h6-12,20H,3-5H2,1-2H3,(H,19,21,22). The minimum absolute atomic E-state index is 0.0414. The normalized spacial score (nSPS) is 10.1. The van der Waals surface area contributed by atoms with Crippen molar-refractivity contribution in [2.45, 2.75) is 26.7 Å². The number of pyridine rings is 1. The van der Waals surface area contributed by atoms with Crippen LogP contribution in [0.3, 0.4) is 0 Å². The third kappa shape index (κ3) is 5.08. The number of ether oxygens (including phenoxy) is 1. The second kappa shape index (κ2) is 8.67. The third-order valence-corrected chi connectivity index (χ3v) is 3.19. The summed E-state index contributed by atoms with van der Waals surface area (Å²) >= 11 is 0. The maximum Gasteiger partial charge on any atom is 0.338 e. The summed E-state index contributed by atoms with van der Waals surface area (Å²) in [5.41, 5.74) is 2.12. The number of benzene rings is 1. The van der Waals surface area contributed by atoms with E-state index in [1.165, 1.54) is 0 Å². The molecule has 2 aromatic rings. The summed E-state index contributed by atoms with van der Waals surface area (Å²) in [4.78, 5) is 27.3. The number of hydrogen-bond acceptors (Lipinski definition) is 5. The predicted octanol–water partition coefficient (Wildman–Crippen LogP) is 3.74. The van der Waals surface area contributed by atoms with Crippen LogP contribution in [0.25, 0.3) is 0 Å². The Morgan fingerprint density at radius 3 is 2.33 bits per heavy atom. The lowest BCUT2D eigenvalue weighted by Gasteiger charge is -2.08. The van der Waals surface area contributed by atoms with Crippen LogP contribution < -0.4 is 10.6 Å². The minimum atomic E-state index is -0.335. The smallest absolute Gasteiger partial charge is 0.338 e. The van der Waals surface area contributed by atoms with Crippen LogP contribution in [-0.4, -0.2) is 23.5 Å². The molecule has 1 heterocycles. The zero-order valence-electron chi connectivity index (χ0n) is 13.8. The van der Waals surface area contributed by atoms with Crippen LogP contribution in [0.4, 0.5) is 17.2 Å². The van der Waals surface area contributed by atoms with E-state index in [0.29, 0.717) is 24.4 Å². The SMILES string of the molecule is CCCC(=O)Nc1ccc(Nc2ccc(C(=O)OCC)cc2)cn1. The predicted molar refractivity (Wildman–Crippen MR) is 93.5 cm³/mol. The van der Waals surface area contributed by atoms with Crippen molar-refractivity contribution in [3.05, 3.63) is 48.2 Å². The molecular formula is C18H21N3O3. The first kappa shape index (κ1) is 17.5. The summed E-state index contributed by atoms with van der Waals surface area (Å²) in [5, 5.41) is 5.92. The van der Waals surface area contributed by atoms with Crippen LogP contribution in [0.5, 0.6) is 0 Å². The summed E-state index contributed by atoms with van der Waals surface area (Å²) in [5.74, 6) is 0.148. The Bertz CT molecular complexity index is 682. The zero-order valence-corrected chi connectivity index (χ0v) is 13.8. The number of aromatic nitrogens is 1. The summed E-state index contributed by atoms with van der Waals surface area (Å²) < 4.78 is 4.94. The number of carbonyl (C=O) groups excluding carboxylic acids is 2. The first-order valence-electron chi connectivity index (χ1n) is 7.92. The fraction of sp³-hybridized carbons (Fsp3) is 0.278. The van der Waals surface area contributed by atoms with E-state index in [2.05, 4.69) is 15.6 Å². The van der Waals surface area contributed by atoms with Crippen molar-refractivity contribution in [3.8, 4) is 0 Å². The fourth-order valence-corrected chi connectivity index (χ4v) is 2.04. The summed E-state index contributed by atoms with van der Waals surface area (Å²) in [6.07, 6.45) is 2.92. The molecule has 6 heteroatoms. The lowest BCUT2D eigenvalue weighted by Crippen LogP contribution is -2.11. The summed E-state index contributed by atoms with van der Waals surface area (Å²) in [6, 6.07) is 10.6. The Kier molecular flexibility index (Phi) is 6.31. The van der Waals surface area contributed by atoms with Crippen molar-refractivity contribution < 1.29 is 14.3 Å². The molecule has 0 aliphatic carbocycles. The molecule has 1 aromatic heterocycles. The molecule has 126 valence electrons. The van der Waals surface area contributed by atoms with Crippen LogP contribution >= 0.6 is 0 Å². The highest BCUT2D eigenvalue weighted by Crippen LogP contribution is 2.18. The number of nitrogens with one attached hydrogen (secondary N) is 2. The maximum absolute atomic E-state index is 11.6. The van der Waals surface area contributed by atoms with E-state index in [1.807, 2.05) is 13.0 Å². The lowest BCUT2D eigenvalue weighted by molar-refractivity contribution is -0.116. The van der Waals surface area contributed by atoms with E-state index in [9.17, 15) is 9.59 Å². The molecule has 0 atom stereocenters. The minimum Gasteiger partial charge on any atom is -0.462 e. The number of nitrogens with zero attached hydrogens (tertiary/aromatic N) is 1. The highest BCUT2D eigenvalue weighted by molar-refractivity contribution is 5.90. The zero-order chi connectivity index (χ0) is 17.4. The van der Waals surface area contributed by atoms with Crippen molar-refractivity contribution in [2.24, 2.45) is 0 Å². The molecule has 0 spiro atoms. The number of anilines is 3. The third-order valence-electron chi connectivity index (χ3n) is 3.19. The highest BCUT2D eigenvalue weighted by atomic mass is 16.5. The van der Waals surface area contributed by atoms with Gasteiger partial charge in [-0.2, -0.15) is 0 Å². The number of hydrogen-bond donors (Lipinski definition) is 2. The van der Waals surface area contributed by atoms with Gasteiger partial charge in [0.2, 0.25) is 5.91 Å². The van der Waals surface area contributed by atoms with Crippen molar-refractivity contribution in [1.29, 1.82) is 0 Å². The lowest BCUT2D eigenvalue weighted by atomic mass is 10.2. The van der Waals surface area contributed by atoms with Gasteiger partial charge in [0, 0.05) is 12.1 Å². The molecule has 0 bridgehead atoms. The number of esters is 1. The van der Waals surface area contributed by atoms with Gasteiger partial charge in [-0.05, 0) is 49.7 Å². The Hall–Kier alpha value is -2.89. The van der Waals surface area contributed by atoms with Crippen molar-refractivity contribution in [2.75, 3.05) is 17.2 Å². The first-order valence-corrected chi connectivity index (χ1v) is 7.92. The van der Waals surface area contributed by atoms with Crippen LogP contribution in [0, 0.1) is 0 Å². The van der Waals surface area contributed by atoms with Crippen LogP contribution in [0.15, 0.2) is 42.6 Å². The van der Waals surface area contributed by atoms with Crippen LogP contribution in [0.2, 0.25) is 0 Å². The molecular weight excluding hydrogens is 306 g/mol. The first-order chi connectivity index (χ1) is 11.6. The fourth-order valence-electron chi connectivity index (χ4n) is 2.04. The van der Waals surface area contributed by atoms with Gasteiger partial charge in [-0.25, -0.2) is 9.78 Å². The van der Waals surface area contributed by atoms with E-state index in [1.54, 1.807) is 43.5 Å². The maximum atomic E-state index is 11.6. The topological polar surface area (TPSA) is 80.3 Å². The molecule has 1 aromatic carbocycles. The number of carbonyl (C=O) groups is 2. The highest BCUT2D eigenvalue weighted by Gasteiger charge is 2.06. The molecule has 0 unspecified atom stereocenters. The molecule has 6 nitrogen and oxygen atoms in total. The van der Waals surface area contributed by atoms with Gasteiger partial charge >= 0.3 is 5.97 Å². The van der Waals surface area contributed by atoms with E-state index in [-0.39, 0.29) is 11.9 Å². The Morgan fingerprint density at radius 1 is 1.04 bits per heavy atom. The van der Waals surface area contributed by atoms with Crippen molar-refractivity contribution in [3.63, 3.8) is 0 Å². The van der Waals surface area contributed by atoms with Gasteiger partial charge < -0.3 is 15.4 Å². The molecule has 2 rings (SSSR count). The van der Waals surface area contributed by atoms with E-state index < -0.39 is 0 Å². The molecule has 2 N–H and O–H groups in total. The molecule has 0 fully saturated rings. The van der Waals surface area contributed by atoms with Crippen molar-refractivity contribution >= 4 is 29.1 Å². The molecule has 0 saturated heterocycles. The molecule has 1 amide bonds. The Morgan fingerprint density at radius 2 is 1.75 bits per heavy atom. The molecule has 0 aliphatic heterocycles. The Balaban J connectivity index is 1.96. The largest absolute Gasteiger partial charge is 0.462 e. The summed E-state index contributed by atoms with van der Waals surface area (Å²) in [7, 11) is 0. The van der Waals surface area contributed by atoms with Gasteiger partial charge in [0.1, 0.15) is 5.82 Å². The molecule has 0 aliphatic rings. The number of amides is 1. The van der Waals surface area contributed by atoms with E-state index >= 15 is 0 Å². The van der Waals surface area contributed by atoms with Gasteiger partial charge in [-0.15, -0.1) is 0 Å². The van der Waals surface area contributed by atoms with Gasteiger partial charge in [0.15, 0.2) is 0 Å². The Labute approximate surface area is 141 Å². The second-order valence-electron chi connectivity index (χ2n) is 5.15. The second-order valence-corrected chi connectivity index (χ2v) is 5.15. The van der Waals surface area contributed by atoms with Gasteiger partial charge in [0.05, 0.1) is 24.1 Å². The molecule has 0 radical (unpaired) electrons. The van der Waals surface area contributed by atoms with Crippen molar-refractivity contribution in [1.82, 2.24) is 4.98 Å². The molecule has 24 heavy (non-hydrogen) atoms.